The fourth-order valence-corrected chi connectivity index (χ4v) is 0.671. The van der Waals surface area contributed by atoms with Gasteiger partial charge in [0.2, 0.25) is 0 Å². The Bertz CT molecular complexity index is 220. The summed E-state index contributed by atoms with van der Waals surface area (Å²) in [5.74, 6) is 0. The maximum absolute atomic E-state index is 10.3. The van der Waals surface area contributed by atoms with Crippen LogP contribution in [-0.4, -0.2) is 68.3 Å². The molecule has 6 N–H and O–H groups in total. The molecule has 0 saturated heterocycles. The quantitative estimate of drug-likeness (QED) is 0.338. The molecule has 0 amide bonds. The highest BCUT2D eigenvalue weighted by molar-refractivity contribution is 4.79. The van der Waals surface area contributed by atoms with E-state index in [0.29, 0.717) is 0 Å². The molecule has 0 aromatic carbocycles. The minimum atomic E-state index is -2.91. The van der Waals surface area contributed by atoms with Gasteiger partial charge < -0.3 is 30.6 Å². The predicted molar refractivity (Wildman–Crippen MR) is 49.7 cm³/mol. The highest BCUT2D eigenvalue weighted by atomic mass is 19.3. The first-order valence-corrected chi connectivity index (χ1v) is 4.49. The Balaban J connectivity index is 0. The summed E-state index contributed by atoms with van der Waals surface area (Å²) in [4.78, 5) is 0. The SMILES string of the molecule is FC(F)=C(F)F.OCC(O)C(O)C(O)C(O)CO. The van der Waals surface area contributed by atoms with E-state index in [-0.39, 0.29) is 0 Å². The Morgan fingerprint density at radius 2 is 0.889 bits per heavy atom. The van der Waals surface area contributed by atoms with Gasteiger partial charge in [-0.05, 0) is 0 Å². The highest BCUT2D eigenvalue weighted by Gasteiger charge is 2.29. The molecule has 0 spiro atoms. The fourth-order valence-electron chi connectivity index (χ4n) is 0.671. The van der Waals surface area contributed by atoms with Crippen molar-refractivity contribution < 1.29 is 48.2 Å². The number of hydrogen-bond acceptors (Lipinski definition) is 6. The van der Waals surface area contributed by atoms with Crippen molar-refractivity contribution in [3.05, 3.63) is 12.2 Å². The molecule has 0 aliphatic carbocycles. The normalized spacial score (nSPS) is 17.0. The van der Waals surface area contributed by atoms with Crippen LogP contribution in [0, 0.1) is 0 Å². The highest BCUT2D eigenvalue weighted by Crippen LogP contribution is 2.08. The molecule has 10 heteroatoms. The van der Waals surface area contributed by atoms with E-state index >= 15 is 0 Å². The smallest absolute Gasteiger partial charge is 0.334 e. The molecule has 0 bridgehead atoms. The van der Waals surface area contributed by atoms with Crippen molar-refractivity contribution in [2.75, 3.05) is 13.2 Å². The molecule has 4 unspecified atom stereocenters. The lowest BCUT2D eigenvalue weighted by Gasteiger charge is -2.24. The summed E-state index contributed by atoms with van der Waals surface area (Å²) in [5, 5.41) is 52.2. The summed E-state index contributed by atoms with van der Waals surface area (Å²) >= 11 is 0. The monoisotopic (exact) mass is 282 g/mol. The van der Waals surface area contributed by atoms with E-state index in [9.17, 15) is 17.6 Å². The lowest BCUT2D eigenvalue weighted by Crippen LogP contribution is -2.46. The van der Waals surface area contributed by atoms with Crippen molar-refractivity contribution in [1.82, 2.24) is 0 Å². The van der Waals surface area contributed by atoms with Crippen LogP contribution in [0.5, 0.6) is 0 Å². The first-order valence-electron chi connectivity index (χ1n) is 4.49. The van der Waals surface area contributed by atoms with Crippen molar-refractivity contribution in [3.63, 3.8) is 0 Å². The number of halogens is 4. The van der Waals surface area contributed by atoms with E-state index in [4.69, 9.17) is 30.6 Å². The zero-order valence-corrected chi connectivity index (χ0v) is 8.92. The summed E-state index contributed by atoms with van der Waals surface area (Å²) in [6.45, 7) is -1.45. The molecule has 0 radical (unpaired) electrons. The van der Waals surface area contributed by atoms with Gasteiger partial charge in [0.05, 0.1) is 13.2 Å². The number of rotatable bonds is 5. The van der Waals surface area contributed by atoms with Gasteiger partial charge in [0.25, 0.3) is 0 Å². The summed E-state index contributed by atoms with van der Waals surface area (Å²) in [6, 6.07) is 0. The van der Waals surface area contributed by atoms with Crippen LogP contribution in [0.3, 0.4) is 0 Å². The van der Waals surface area contributed by atoms with Gasteiger partial charge in [-0.25, -0.2) is 0 Å². The van der Waals surface area contributed by atoms with Gasteiger partial charge in [-0.2, -0.15) is 17.6 Å². The third kappa shape index (κ3) is 8.33. The topological polar surface area (TPSA) is 121 Å². The van der Waals surface area contributed by atoms with Crippen molar-refractivity contribution in [2.45, 2.75) is 24.4 Å². The van der Waals surface area contributed by atoms with Gasteiger partial charge in [0.1, 0.15) is 24.4 Å². The zero-order valence-electron chi connectivity index (χ0n) is 8.92. The van der Waals surface area contributed by atoms with Crippen LogP contribution in [0.25, 0.3) is 0 Å². The molecule has 0 rings (SSSR count). The van der Waals surface area contributed by atoms with Crippen LogP contribution in [0.4, 0.5) is 17.6 Å². The summed E-state index contributed by atoms with van der Waals surface area (Å²) in [6.07, 6.45) is -12.2. The Hall–Kier alpha value is -0.780. The van der Waals surface area contributed by atoms with Crippen LogP contribution < -0.4 is 0 Å². The molecule has 4 atom stereocenters. The number of aliphatic hydroxyl groups excluding tert-OH is 6. The van der Waals surface area contributed by atoms with E-state index in [1.54, 1.807) is 0 Å². The second-order valence-electron chi connectivity index (χ2n) is 3.00. The molecule has 0 fully saturated rings. The lowest BCUT2D eigenvalue weighted by molar-refractivity contribution is -0.123. The molecule has 18 heavy (non-hydrogen) atoms. The van der Waals surface area contributed by atoms with Gasteiger partial charge in [0.15, 0.2) is 0 Å². The average Bonchev–Trinajstić information content (AvgIpc) is 2.35. The van der Waals surface area contributed by atoms with Crippen molar-refractivity contribution in [3.8, 4) is 0 Å². The second kappa shape index (κ2) is 10.2. The van der Waals surface area contributed by atoms with Gasteiger partial charge in [-0.1, -0.05) is 0 Å². The van der Waals surface area contributed by atoms with E-state index in [1.807, 2.05) is 0 Å². The molecule has 0 aliphatic heterocycles. The maximum atomic E-state index is 10.3. The minimum absolute atomic E-state index is 0.726. The molecule has 0 heterocycles. The molecule has 110 valence electrons. The van der Waals surface area contributed by atoms with Crippen molar-refractivity contribution in [2.24, 2.45) is 0 Å². The van der Waals surface area contributed by atoms with E-state index in [1.165, 1.54) is 0 Å². The van der Waals surface area contributed by atoms with Gasteiger partial charge in [-0.3, -0.25) is 0 Å². The fraction of sp³-hybridized carbons (Fsp3) is 0.750. The van der Waals surface area contributed by atoms with Gasteiger partial charge >= 0.3 is 12.2 Å². The molecule has 0 aromatic heterocycles. The molecule has 0 aromatic rings. The summed E-state index contributed by atoms with van der Waals surface area (Å²) in [7, 11) is 0. The van der Waals surface area contributed by atoms with Crippen LogP contribution in [-0.2, 0) is 0 Å². The first kappa shape index (κ1) is 19.6. The Morgan fingerprint density at radius 1 is 0.667 bits per heavy atom. The third-order valence-electron chi connectivity index (χ3n) is 1.66. The number of aliphatic hydroxyl groups is 6. The van der Waals surface area contributed by atoms with Crippen LogP contribution in [0.2, 0.25) is 0 Å². The van der Waals surface area contributed by atoms with E-state index in [0.717, 1.165) is 0 Å². The first-order chi connectivity index (χ1) is 8.18. The molecule has 0 saturated carbocycles. The maximum Gasteiger partial charge on any atom is 0.334 e. The molecule has 0 aliphatic rings. The zero-order chi connectivity index (χ0) is 14.9. The van der Waals surface area contributed by atoms with Crippen LogP contribution in [0.15, 0.2) is 12.2 Å². The third-order valence-corrected chi connectivity index (χ3v) is 1.66. The second-order valence-corrected chi connectivity index (χ2v) is 3.00. The van der Waals surface area contributed by atoms with Gasteiger partial charge in [-0.15, -0.1) is 0 Å². The van der Waals surface area contributed by atoms with E-state index < -0.39 is 49.8 Å². The van der Waals surface area contributed by atoms with Gasteiger partial charge in [0, 0.05) is 0 Å². The van der Waals surface area contributed by atoms with Crippen LogP contribution in [0.1, 0.15) is 0 Å². The van der Waals surface area contributed by atoms with Crippen LogP contribution >= 0.6 is 0 Å². The van der Waals surface area contributed by atoms with E-state index in [2.05, 4.69) is 0 Å². The predicted octanol–water partition coefficient (Wildman–Crippen LogP) is -1.59. The molecule has 6 nitrogen and oxygen atoms in total. The molecular weight excluding hydrogens is 268 g/mol. The number of hydrogen-bond donors (Lipinski definition) is 6. The largest absolute Gasteiger partial charge is 0.394 e. The Morgan fingerprint density at radius 3 is 1.00 bits per heavy atom. The summed E-state index contributed by atoms with van der Waals surface area (Å²) in [5.41, 5.74) is 0. The molecular formula is C8H14F4O6. The average molecular weight is 282 g/mol. The standard InChI is InChI=1S/C6H14O6.C2F4/c7-1-3(9)5(11)6(12)4(10)2-8;3-1(4)2(5)6/h3-12H,1-2H2;. The summed E-state index contributed by atoms with van der Waals surface area (Å²) < 4.78 is 41.1. The minimum Gasteiger partial charge on any atom is -0.394 e. The lowest BCUT2D eigenvalue weighted by atomic mass is 10.0. The Kier molecular flexibility index (Phi) is 11.1. The van der Waals surface area contributed by atoms with Crippen molar-refractivity contribution in [1.29, 1.82) is 0 Å². The van der Waals surface area contributed by atoms with Crippen molar-refractivity contribution >= 4 is 0 Å². The Labute approximate surface area is 99.0 Å².